The highest BCUT2D eigenvalue weighted by Crippen LogP contribution is 2.37. The summed E-state index contributed by atoms with van der Waals surface area (Å²) >= 11 is 9.85. The predicted octanol–water partition coefficient (Wildman–Crippen LogP) is 5.04. The molecule has 0 aromatic heterocycles. The van der Waals surface area contributed by atoms with Gasteiger partial charge in [-0.25, -0.2) is 0 Å². The zero-order valence-corrected chi connectivity index (χ0v) is 15.0. The van der Waals surface area contributed by atoms with Gasteiger partial charge in [0.25, 0.3) is 0 Å². The third-order valence-electron chi connectivity index (χ3n) is 3.78. The molecule has 0 aliphatic heterocycles. The zero-order chi connectivity index (χ0) is 15.6. The molecule has 0 amide bonds. The first kappa shape index (κ1) is 16.3. The van der Waals surface area contributed by atoms with Gasteiger partial charge in [-0.1, -0.05) is 45.7 Å². The van der Waals surface area contributed by atoms with Gasteiger partial charge in [-0.05, 0) is 49.7 Å². The van der Waals surface area contributed by atoms with E-state index in [4.69, 9.17) is 16.3 Å². The highest BCUT2D eigenvalue weighted by Gasteiger charge is 2.20. The number of rotatable bonds is 4. The maximum Gasteiger partial charge on any atom is 0.127 e. The SMILES string of the molecule is CNC(c1ccc(Br)cc1Cl)c1ccc(C)c(C)c1OC. The monoisotopic (exact) mass is 367 g/mol. The lowest BCUT2D eigenvalue weighted by atomic mass is 9.94. The van der Waals surface area contributed by atoms with Gasteiger partial charge < -0.3 is 10.1 Å². The summed E-state index contributed by atoms with van der Waals surface area (Å²) in [6.07, 6.45) is 0. The highest BCUT2D eigenvalue weighted by molar-refractivity contribution is 9.10. The van der Waals surface area contributed by atoms with Crippen molar-refractivity contribution in [1.82, 2.24) is 5.32 Å². The van der Waals surface area contributed by atoms with E-state index in [1.165, 1.54) is 5.56 Å². The highest BCUT2D eigenvalue weighted by atomic mass is 79.9. The van der Waals surface area contributed by atoms with Gasteiger partial charge in [0.2, 0.25) is 0 Å². The van der Waals surface area contributed by atoms with Crippen molar-refractivity contribution in [3.05, 3.63) is 62.1 Å². The molecule has 21 heavy (non-hydrogen) atoms. The predicted molar refractivity (Wildman–Crippen MR) is 92.5 cm³/mol. The van der Waals surface area contributed by atoms with Crippen molar-refractivity contribution in [1.29, 1.82) is 0 Å². The summed E-state index contributed by atoms with van der Waals surface area (Å²) in [6.45, 7) is 4.16. The van der Waals surface area contributed by atoms with Crippen LogP contribution in [-0.4, -0.2) is 14.2 Å². The topological polar surface area (TPSA) is 21.3 Å². The summed E-state index contributed by atoms with van der Waals surface area (Å²) in [6, 6.07) is 10.1. The Morgan fingerprint density at radius 1 is 1.14 bits per heavy atom. The van der Waals surface area contributed by atoms with Gasteiger partial charge in [0.15, 0.2) is 0 Å². The number of benzene rings is 2. The molecule has 2 rings (SSSR count). The van der Waals surface area contributed by atoms with Crippen molar-refractivity contribution >= 4 is 27.5 Å². The molecule has 0 fully saturated rings. The average Bonchev–Trinajstić information content (AvgIpc) is 2.45. The zero-order valence-electron chi connectivity index (χ0n) is 12.6. The standard InChI is InChI=1S/C17H19BrClNO/c1-10-5-7-14(17(21-4)11(10)2)16(20-3)13-8-6-12(18)9-15(13)19/h5-9,16,20H,1-4H3. The van der Waals surface area contributed by atoms with Crippen LogP contribution in [0, 0.1) is 13.8 Å². The second-order valence-corrected chi connectivity index (χ2v) is 6.34. The van der Waals surface area contributed by atoms with E-state index in [-0.39, 0.29) is 6.04 Å². The van der Waals surface area contributed by atoms with Gasteiger partial charge in [0, 0.05) is 15.1 Å². The molecule has 0 heterocycles. The Hall–Kier alpha value is -1.03. The molecule has 2 nitrogen and oxygen atoms in total. The van der Waals surface area contributed by atoms with E-state index in [0.717, 1.165) is 31.9 Å². The first-order valence-electron chi connectivity index (χ1n) is 6.76. The molecular formula is C17H19BrClNO. The second-order valence-electron chi connectivity index (χ2n) is 5.02. The number of aryl methyl sites for hydroxylation is 1. The lowest BCUT2D eigenvalue weighted by Gasteiger charge is -2.23. The Bertz CT molecular complexity index is 657. The van der Waals surface area contributed by atoms with Gasteiger partial charge in [0.05, 0.1) is 13.2 Å². The molecule has 1 unspecified atom stereocenters. The van der Waals surface area contributed by atoms with Crippen LogP contribution in [-0.2, 0) is 0 Å². The number of hydrogen-bond donors (Lipinski definition) is 1. The van der Waals surface area contributed by atoms with E-state index >= 15 is 0 Å². The van der Waals surface area contributed by atoms with Crippen LogP contribution < -0.4 is 10.1 Å². The summed E-state index contributed by atoms with van der Waals surface area (Å²) < 4.78 is 6.60. The Morgan fingerprint density at radius 3 is 2.38 bits per heavy atom. The van der Waals surface area contributed by atoms with Crippen LogP contribution in [0.2, 0.25) is 5.02 Å². The fraction of sp³-hybridized carbons (Fsp3) is 0.294. The van der Waals surface area contributed by atoms with E-state index in [9.17, 15) is 0 Å². The van der Waals surface area contributed by atoms with Crippen LogP contribution in [0.3, 0.4) is 0 Å². The van der Waals surface area contributed by atoms with Crippen molar-refractivity contribution in [2.45, 2.75) is 19.9 Å². The third-order valence-corrected chi connectivity index (χ3v) is 4.61. The van der Waals surface area contributed by atoms with Crippen LogP contribution in [0.25, 0.3) is 0 Å². The van der Waals surface area contributed by atoms with Gasteiger partial charge in [0.1, 0.15) is 5.75 Å². The molecule has 2 aromatic carbocycles. The van der Waals surface area contributed by atoms with Gasteiger partial charge in [-0.2, -0.15) is 0 Å². The van der Waals surface area contributed by atoms with Crippen LogP contribution in [0.1, 0.15) is 28.3 Å². The van der Waals surface area contributed by atoms with Crippen molar-refractivity contribution in [2.24, 2.45) is 0 Å². The number of halogens is 2. The van der Waals surface area contributed by atoms with E-state index in [1.807, 2.05) is 25.2 Å². The summed E-state index contributed by atoms with van der Waals surface area (Å²) in [7, 11) is 3.64. The summed E-state index contributed by atoms with van der Waals surface area (Å²) in [5, 5.41) is 4.06. The molecule has 0 aliphatic rings. The molecular weight excluding hydrogens is 350 g/mol. The fourth-order valence-electron chi connectivity index (χ4n) is 2.52. The average molecular weight is 369 g/mol. The number of hydrogen-bond acceptors (Lipinski definition) is 2. The Morgan fingerprint density at radius 2 is 1.81 bits per heavy atom. The summed E-state index contributed by atoms with van der Waals surface area (Å²) in [4.78, 5) is 0. The molecule has 112 valence electrons. The van der Waals surface area contributed by atoms with Crippen LogP contribution in [0.15, 0.2) is 34.8 Å². The molecule has 0 radical (unpaired) electrons. The van der Waals surface area contributed by atoms with Crippen LogP contribution >= 0.6 is 27.5 Å². The quantitative estimate of drug-likeness (QED) is 0.816. The minimum Gasteiger partial charge on any atom is -0.496 e. The summed E-state index contributed by atoms with van der Waals surface area (Å²) in [5.74, 6) is 0.910. The van der Waals surface area contributed by atoms with Gasteiger partial charge in [-0.3, -0.25) is 0 Å². The number of methoxy groups -OCH3 is 1. The van der Waals surface area contributed by atoms with Crippen molar-refractivity contribution in [3.63, 3.8) is 0 Å². The third kappa shape index (κ3) is 3.25. The minimum atomic E-state index is -0.0140. The minimum absolute atomic E-state index is 0.0140. The Labute approximate surface area is 139 Å². The molecule has 1 N–H and O–H groups in total. The van der Waals surface area contributed by atoms with Gasteiger partial charge >= 0.3 is 0 Å². The van der Waals surface area contributed by atoms with Crippen molar-refractivity contribution < 1.29 is 4.74 Å². The van der Waals surface area contributed by atoms with Crippen LogP contribution in [0.5, 0.6) is 5.75 Å². The van der Waals surface area contributed by atoms with E-state index < -0.39 is 0 Å². The molecule has 2 aromatic rings. The Balaban J connectivity index is 2.59. The second kappa shape index (κ2) is 6.82. The number of ether oxygens (including phenoxy) is 1. The lowest BCUT2D eigenvalue weighted by molar-refractivity contribution is 0.402. The van der Waals surface area contributed by atoms with E-state index in [0.29, 0.717) is 0 Å². The molecule has 4 heteroatoms. The first-order valence-corrected chi connectivity index (χ1v) is 7.93. The maximum absolute atomic E-state index is 6.41. The molecule has 0 aliphatic carbocycles. The van der Waals surface area contributed by atoms with Crippen LogP contribution in [0.4, 0.5) is 0 Å². The van der Waals surface area contributed by atoms with Crippen molar-refractivity contribution in [2.75, 3.05) is 14.2 Å². The molecule has 0 saturated heterocycles. The maximum atomic E-state index is 6.41. The lowest BCUT2D eigenvalue weighted by Crippen LogP contribution is -2.19. The van der Waals surface area contributed by atoms with Crippen molar-refractivity contribution in [3.8, 4) is 5.75 Å². The first-order chi connectivity index (χ1) is 9.99. The molecule has 0 saturated carbocycles. The van der Waals surface area contributed by atoms with E-state index in [1.54, 1.807) is 7.11 Å². The smallest absolute Gasteiger partial charge is 0.127 e. The van der Waals surface area contributed by atoms with Gasteiger partial charge in [-0.15, -0.1) is 0 Å². The number of nitrogens with one attached hydrogen (secondary N) is 1. The summed E-state index contributed by atoms with van der Waals surface area (Å²) in [5.41, 5.74) is 4.49. The van der Waals surface area contributed by atoms with E-state index in [2.05, 4.69) is 47.2 Å². The molecule has 1 atom stereocenters. The fourth-order valence-corrected chi connectivity index (χ4v) is 3.31. The largest absolute Gasteiger partial charge is 0.496 e. The normalized spacial score (nSPS) is 12.3. The Kier molecular flexibility index (Phi) is 5.31. The molecule has 0 spiro atoms. The molecule has 0 bridgehead atoms.